The molecule has 0 saturated heterocycles. The fourth-order valence-corrected chi connectivity index (χ4v) is 2.90. The molecular weight excluding hydrogens is 216 g/mol. The summed E-state index contributed by atoms with van der Waals surface area (Å²) in [4.78, 5) is 2.73. The highest BCUT2D eigenvalue weighted by atomic mass is 32.2. The molecule has 14 heavy (non-hydrogen) atoms. The van der Waals surface area contributed by atoms with Gasteiger partial charge in [0.05, 0.1) is 0 Å². The van der Waals surface area contributed by atoms with Crippen molar-refractivity contribution in [2.24, 2.45) is 0 Å². The first-order valence-corrected chi connectivity index (χ1v) is 6.82. The van der Waals surface area contributed by atoms with Crippen LogP contribution < -0.4 is 0 Å². The molecule has 2 nitrogen and oxygen atoms in total. The lowest BCUT2D eigenvalue weighted by atomic mass is 10.1. The van der Waals surface area contributed by atoms with E-state index < -0.39 is 11.1 Å². The molecule has 0 radical (unpaired) electrons. The highest BCUT2D eigenvalue weighted by Gasteiger charge is 2.02. The molecule has 0 amide bonds. The Hall–Kier alpha value is -0.190. The number of rotatable bonds is 5. The van der Waals surface area contributed by atoms with Gasteiger partial charge in [0.2, 0.25) is 0 Å². The first-order chi connectivity index (χ1) is 6.59. The number of hydrogen-bond acceptors (Lipinski definition) is 2. The Morgan fingerprint density at radius 1 is 1.43 bits per heavy atom. The Kier molecular flexibility index (Phi) is 4.78. The van der Waals surface area contributed by atoms with E-state index in [2.05, 4.69) is 19.9 Å². The van der Waals surface area contributed by atoms with Crippen LogP contribution in [0.1, 0.15) is 28.2 Å². The van der Waals surface area contributed by atoms with Gasteiger partial charge in [-0.05, 0) is 44.7 Å². The third kappa shape index (κ3) is 3.90. The summed E-state index contributed by atoms with van der Waals surface area (Å²) in [5.41, 5.74) is 1.40. The van der Waals surface area contributed by atoms with Crippen molar-refractivity contribution < 1.29 is 8.76 Å². The molecule has 0 spiro atoms. The van der Waals surface area contributed by atoms with E-state index in [-0.39, 0.29) is 0 Å². The SMILES string of the molecule is Cc1cc(CCCCS(=O)O)c(C)s1. The minimum absolute atomic E-state index is 0.405. The van der Waals surface area contributed by atoms with Crippen LogP contribution in [0.25, 0.3) is 0 Å². The molecule has 4 heteroatoms. The predicted octanol–water partition coefficient (Wildman–Crippen LogP) is 2.91. The zero-order chi connectivity index (χ0) is 10.6. The summed E-state index contributed by atoms with van der Waals surface area (Å²) < 4.78 is 19.0. The van der Waals surface area contributed by atoms with Gasteiger partial charge in [-0.25, -0.2) is 4.21 Å². The van der Waals surface area contributed by atoms with Crippen LogP contribution in [0.15, 0.2) is 6.07 Å². The van der Waals surface area contributed by atoms with E-state index in [0.29, 0.717) is 5.75 Å². The maximum Gasteiger partial charge on any atom is 0.152 e. The fraction of sp³-hybridized carbons (Fsp3) is 0.600. The summed E-state index contributed by atoms with van der Waals surface area (Å²) >= 11 is 0.203. The second-order valence-electron chi connectivity index (χ2n) is 3.42. The molecule has 0 bridgehead atoms. The van der Waals surface area contributed by atoms with Gasteiger partial charge >= 0.3 is 0 Å². The monoisotopic (exact) mass is 232 g/mol. The highest BCUT2D eigenvalue weighted by Crippen LogP contribution is 2.22. The minimum atomic E-state index is -1.62. The molecule has 1 atom stereocenters. The summed E-state index contributed by atoms with van der Waals surface area (Å²) in [6.07, 6.45) is 2.87. The molecule has 0 aliphatic carbocycles. The van der Waals surface area contributed by atoms with Gasteiger partial charge in [-0.1, -0.05) is 0 Å². The molecule has 80 valence electrons. The van der Waals surface area contributed by atoms with Crippen molar-refractivity contribution in [2.45, 2.75) is 33.1 Å². The molecular formula is C10H16O2S2. The van der Waals surface area contributed by atoms with Crippen LogP contribution in [-0.2, 0) is 17.5 Å². The topological polar surface area (TPSA) is 37.3 Å². The van der Waals surface area contributed by atoms with Crippen LogP contribution in [0.2, 0.25) is 0 Å². The van der Waals surface area contributed by atoms with E-state index in [9.17, 15) is 4.21 Å². The van der Waals surface area contributed by atoms with E-state index in [0.717, 1.165) is 19.3 Å². The Balaban J connectivity index is 2.31. The molecule has 0 aromatic carbocycles. The van der Waals surface area contributed by atoms with Crippen molar-refractivity contribution in [1.82, 2.24) is 0 Å². The van der Waals surface area contributed by atoms with Gasteiger partial charge in [0.25, 0.3) is 0 Å². The van der Waals surface area contributed by atoms with E-state index in [4.69, 9.17) is 4.55 Å². The molecule has 1 heterocycles. The van der Waals surface area contributed by atoms with Gasteiger partial charge in [0, 0.05) is 15.5 Å². The average molecular weight is 232 g/mol. The van der Waals surface area contributed by atoms with Crippen LogP contribution in [0.3, 0.4) is 0 Å². The Bertz CT molecular complexity index is 318. The Morgan fingerprint density at radius 2 is 2.14 bits per heavy atom. The van der Waals surface area contributed by atoms with E-state index in [1.807, 2.05) is 11.3 Å². The summed E-state index contributed by atoms with van der Waals surface area (Å²) in [7, 11) is 0. The molecule has 0 aliphatic heterocycles. The summed E-state index contributed by atoms with van der Waals surface area (Å²) in [6, 6.07) is 2.22. The van der Waals surface area contributed by atoms with E-state index in [1.54, 1.807) is 0 Å². The third-order valence-electron chi connectivity index (χ3n) is 2.16. The lowest BCUT2D eigenvalue weighted by Crippen LogP contribution is -1.95. The van der Waals surface area contributed by atoms with Crippen LogP contribution >= 0.6 is 11.3 Å². The molecule has 0 aliphatic rings. The summed E-state index contributed by atoms with van der Waals surface area (Å²) in [6.45, 7) is 4.25. The maximum absolute atomic E-state index is 10.4. The lowest BCUT2D eigenvalue weighted by molar-refractivity contribution is 0.560. The average Bonchev–Trinajstić information content (AvgIpc) is 2.39. The zero-order valence-electron chi connectivity index (χ0n) is 8.58. The lowest BCUT2D eigenvalue weighted by Gasteiger charge is -1.98. The van der Waals surface area contributed by atoms with E-state index >= 15 is 0 Å². The molecule has 0 fully saturated rings. The van der Waals surface area contributed by atoms with Gasteiger partial charge in [-0.3, -0.25) is 0 Å². The predicted molar refractivity (Wildman–Crippen MR) is 62.4 cm³/mol. The Labute approximate surface area is 91.6 Å². The number of unbranched alkanes of at least 4 members (excludes halogenated alkanes) is 1. The van der Waals surface area contributed by atoms with Crippen molar-refractivity contribution in [3.05, 3.63) is 21.4 Å². The van der Waals surface area contributed by atoms with Gasteiger partial charge in [-0.15, -0.1) is 11.3 Å². The van der Waals surface area contributed by atoms with Crippen molar-refractivity contribution in [2.75, 3.05) is 5.75 Å². The second-order valence-corrected chi connectivity index (χ2v) is 5.93. The van der Waals surface area contributed by atoms with Crippen molar-refractivity contribution in [3.63, 3.8) is 0 Å². The summed E-state index contributed by atoms with van der Waals surface area (Å²) in [5.74, 6) is 0.405. The first kappa shape index (κ1) is 11.9. The van der Waals surface area contributed by atoms with Gasteiger partial charge < -0.3 is 4.55 Å². The van der Waals surface area contributed by atoms with Crippen molar-refractivity contribution in [1.29, 1.82) is 0 Å². The maximum atomic E-state index is 10.4. The van der Waals surface area contributed by atoms with Crippen LogP contribution in [0, 0.1) is 13.8 Å². The van der Waals surface area contributed by atoms with E-state index in [1.165, 1.54) is 15.3 Å². The van der Waals surface area contributed by atoms with Crippen molar-refractivity contribution in [3.8, 4) is 0 Å². The minimum Gasteiger partial charge on any atom is -0.306 e. The van der Waals surface area contributed by atoms with Crippen molar-refractivity contribution >= 4 is 22.4 Å². The van der Waals surface area contributed by atoms with Crippen LogP contribution in [0.5, 0.6) is 0 Å². The largest absolute Gasteiger partial charge is 0.306 e. The molecule has 0 saturated carbocycles. The van der Waals surface area contributed by atoms with Crippen LogP contribution in [-0.4, -0.2) is 14.5 Å². The molecule has 1 aromatic rings. The van der Waals surface area contributed by atoms with Gasteiger partial charge in [0.1, 0.15) is 0 Å². The van der Waals surface area contributed by atoms with Gasteiger partial charge in [0.15, 0.2) is 11.1 Å². The summed E-state index contributed by atoms with van der Waals surface area (Å²) in [5, 5.41) is 0. The normalized spacial score (nSPS) is 13.1. The molecule has 1 N–H and O–H groups in total. The third-order valence-corrected chi connectivity index (χ3v) is 3.80. The zero-order valence-corrected chi connectivity index (χ0v) is 10.2. The second kappa shape index (κ2) is 5.63. The van der Waals surface area contributed by atoms with Crippen LogP contribution in [0.4, 0.5) is 0 Å². The molecule has 1 aromatic heterocycles. The quantitative estimate of drug-likeness (QED) is 0.626. The smallest absolute Gasteiger partial charge is 0.152 e. The number of thiophene rings is 1. The molecule has 1 rings (SSSR count). The number of hydrogen-bond donors (Lipinski definition) is 1. The van der Waals surface area contributed by atoms with Gasteiger partial charge in [-0.2, -0.15) is 0 Å². The molecule has 1 unspecified atom stereocenters. The highest BCUT2D eigenvalue weighted by molar-refractivity contribution is 7.79. The fourth-order valence-electron chi connectivity index (χ4n) is 1.47. The first-order valence-electron chi connectivity index (χ1n) is 4.73. The Morgan fingerprint density at radius 3 is 2.64 bits per heavy atom. The standard InChI is InChI=1S/C10H16O2S2/c1-8-7-10(9(2)13-8)5-3-4-6-14(11)12/h7H,3-6H2,1-2H3,(H,11,12). The number of aryl methyl sites for hydroxylation is 3.